The zero-order valence-corrected chi connectivity index (χ0v) is 19.4. The third-order valence-electron chi connectivity index (χ3n) is 4.39. The van der Waals surface area contributed by atoms with Gasteiger partial charge in [-0.3, -0.25) is 19.2 Å². The van der Waals surface area contributed by atoms with Crippen molar-refractivity contribution in [1.29, 1.82) is 0 Å². The Bertz CT molecular complexity index is 899. The molecule has 1 aliphatic rings. The first kappa shape index (κ1) is 26.6. The lowest BCUT2D eigenvalue weighted by Crippen LogP contribution is -2.63. The fraction of sp³-hybridized carbons (Fsp3) is 0.500. The number of esters is 4. The minimum absolute atomic E-state index is 0.315. The molecule has 0 N–H and O–H groups in total. The van der Waals surface area contributed by atoms with Crippen LogP contribution in [0, 0.1) is 0 Å². The van der Waals surface area contributed by atoms with E-state index in [0.717, 1.165) is 26.3 Å². The van der Waals surface area contributed by atoms with Crippen molar-refractivity contribution in [1.82, 2.24) is 0 Å². The Morgan fingerprint density at radius 3 is 1.94 bits per heavy atom. The zero-order chi connectivity index (χ0) is 25.3. The maximum absolute atomic E-state index is 11.8. The van der Waals surface area contributed by atoms with E-state index in [-0.39, 0.29) is 6.61 Å². The number of hydrogen-bond donors (Lipinski definition) is 0. The fourth-order valence-electron chi connectivity index (χ4n) is 3.16. The minimum Gasteiger partial charge on any atom is -0.463 e. The normalized spacial score (nSPS) is 24.1. The van der Waals surface area contributed by atoms with Crippen LogP contribution in [0.5, 0.6) is 5.75 Å². The van der Waals surface area contributed by atoms with Crippen LogP contribution in [0.2, 0.25) is 0 Å². The Morgan fingerprint density at radius 1 is 0.853 bits per heavy atom. The van der Waals surface area contributed by atoms with Crippen molar-refractivity contribution >= 4 is 30.1 Å². The molecule has 5 atom stereocenters. The first-order valence-corrected chi connectivity index (χ1v) is 10.2. The van der Waals surface area contributed by atoms with Gasteiger partial charge in [-0.05, 0) is 29.8 Å². The number of carbonyl (C=O) groups is 4. The highest BCUT2D eigenvalue weighted by atomic mass is 16.7. The van der Waals surface area contributed by atoms with Gasteiger partial charge in [0.2, 0.25) is 12.4 Å². The van der Waals surface area contributed by atoms with Crippen LogP contribution in [0.15, 0.2) is 29.4 Å². The minimum atomic E-state index is -1.31. The van der Waals surface area contributed by atoms with E-state index >= 15 is 0 Å². The molecule has 34 heavy (non-hydrogen) atoms. The van der Waals surface area contributed by atoms with Gasteiger partial charge in [0.05, 0.1) is 6.21 Å². The summed E-state index contributed by atoms with van der Waals surface area (Å²) in [5.41, 5.74) is 0.718. The molecule has 0 amide bonds. The summed E-state index contributed by atoms with van der Waals surface area (Å²) in [5, 5.41) is 3.67. The SMILES string of the molecule is CO/N=C/c1ccc(O[C@@H]2O[C@H](COC(C)=O)[C@@H](OC(C)=O)[C@H](OC(C)=O)[C@H]2OC(C)=O)cc1. The van der Waals surface area contributed by atoms with Crippen LogP contribution >= 0.6 is 0 Å². The molecule has 1 aromatic carbocycles. The second-order valence-corrected chi connectivity index (χ2v) is 7.17. The summed E-state index contributed by atoms with van der Waals surface area (Å²) in [6.45, 7) is 4.28. The Balaban J connectivity index is 2.40. The summed E-state index contributed by atoms with van der Waals surface area (Å²) < 4.78 is 32.8. The number of ether oxygens (including phenoxy) is 6. The molecule has 0 radical (unpaired) electrons. The number of carbonyl (C=O) groups excluding carboxylic acids is 4. The van der Waals surface area contributed by atoms with E-state index in [4.69, 9.17) is 28.4 Å². The van der Waals surface area contributed by atoms with Gasteiger partial charge in [0.1, 0.15) is 25.6 Å². The molecule has 0 aliphatic carbocycles. The van der Waals surface area contributed by atoms with Crippen LogP contribution in [0.4, 0.5) is 0 Å². The van der Waals surface area contributed by atoms with Crippen LogP contribution in [0.25, 0.3) is 0 Å². The number of hydrogen-bond acceptors (Lipinski definition) is 12. The first-order chi connectivity index (χ1) is 16.1. The largest absolute Gasteiger partial charge is 0.463 e. The summed E-state index contributed by atoms with van der Waals surface area (Å²) in [5.74, 6) is -2.45. The highest BCUT2D eigenvalue weighted by Gasteiger charge is 2.53. The third kappa shape index (κ3) is 8.03. The Morgan fingerprint density at radius 2 is 1.41 bits per heavy atom. The number of oxime groups is 1. The predicted octanol–water partition coefficient (Wildman–Crippen LogP) is 1.13. The molecule has 1 saturated heterocycles. The van der Waals surface area contributed by atoms with E-state index < -0.39 is 54.6 Å². The summed E-state index contributed by atoms with van der Waals surface area (Å²) in [4.78, 5) is 51.4. The van der Waals surface area contributed by atoms with E-state index in [2.05, 4.69) is 9.99 Å². The van der Waals surface area contributed by atoms with E-state index in [1.807, 2.05) is 0 Å². The predicted molar refractivity (Wildman–Crippen MR) is 114 cm³/mol. The average Bonchev–Trinajstić information content (AvgIpc) is 2.75. The quantitative estimate of drug-likeness (QED) is 0.216. The second kappa shape index (κ2) is 12.5. The molecule has 12 nitrogen and oxygen atoms in total. The number of nitrogens with zero attached hydrogens (tertiary/aromatic N) is 1. The van der Waals surface area contributed by atoms with Crippen molar-refractivity contribution in [3.63, 3.8) is 0 Å². The van der Waals surface area contributed by atoms with E-state index in [1.54, 1.807) is 24.3 Å². The molecular formula is C22H27NO11. The summed E-state index contributed by atoms with van der Waals surface area (Å²) >= 11 is 0. The van der Waals surface area contributed by atoms with E-state index in [0.29, 0.717) is 5.75 Å². The molecule has 1 aliphatic heterocycles. The molecular weight excluding hydrogens is 454 g/mol. The maximum atomic E-state index is 11.8. The second-order valence-electron chi connectivity index (χ2n) is 7.17. The third-order valence-corrected chi connectivity index (χ3v) is 4.39. The molecule has 1 fully saturated rings. The Hall–Kier alpha value is -3.67. The smallest absolute Gasteiger partial charge is 0.303 e. The molecule has 0 aromatic heterocycles. The topological polar surface area (TPSA) is 145 Å². The van der Waals surface area contributed by atoms with Crippen molar-refractivity contribution in [2.75, 3.05) is 13.7 Å². The molecule has 1 aromatic rings. The van der Waals surface area contributed by atoms with Gasteiger partial charge in [0, 0.05) is 27.7 Å². The van der Waals surface area contributed by atoms with E-state index in [1.165, 1.54) is 20.2 Å². The summed E-state index contributed by atoms with van der Waals surface area (Å²) in [6.07, 6.45) is -4.79. The lowest BCUT2D eigenvalue weighted by atomic mass is 9.98. The van der Waals surface area contributed by atoms with E-state index in [9.17, 15) is 19.2 Å². The lowest BCUT2D eigenvalue weighted by Gasteiger charge is -2.43. The van der Waals surface area contributed by atoms with Gasteiger partial charge in [0.15, 0.2) is 12.2 Å². The van der Waals surface area contributed by atoms with Crippen molar-refractivity contribution in [3.8, 4) is 5.75 Å². The average molecular weight is 481 g/mol. The van der Waals surface area contributed by atoms with Gasteiger partial charge in [-0.25, -0.2) is 0 Å². The first-order valence-electron chi connectivity index (χ1n) is 10.2. The van der Waals surface area contributed by atoms with Gasteiger partial charge in [-0.15, -0.1) is 0 Å². The Kier molecular flexibility index (Phi) is 9.80. The molecule has 0 saturated carbocycles. The Labute approximate surface area is 196 Å². The number of rotatable bonds is 9. The van der Waals surface area contributed by atoms with Crippen LogP contribution in [-0.2, 0) is 47.7 Å². The van der Waals surface area contributed by atoms with Crippen molar-refractivity contribution < 1.29 is 52.4 Å². The van der Waals surface area contributed by atoms with Crippen LogP contribution in [0.1, 0.15) is 33.3 Å². The monoisotopic (exact) mass is 481 g/mol. The fourth-order valence-corrected chi connectivity index (χ4v) is 3.16. The standard InChI is InChI=1S/C22H27NO11/c1-12(24)29-11-18-19(30-13(2)25)20(31-14(3)26)21(32-15(4)27)22(34-18)33-17-8-6-16(7-9-17)10-23-28-5/h6-10,18-22H,11H2,1-5H3/b23-10+/t18-,19-,20+,21-,22-/m1/s1. The van der Waals surface area contributed by atoms with Crippen LogP contribution < -0.4 is 4.74 Å². The maximum Gasteiger partial charge on any atom is 0.303 e. The summed E-state index contributed by atoms with van der Waals surface area (Å²) in [7, 11) is 1.42. The zero-order valence-electron chi connectivity index (χ0n) is 19.4. The van der Waals surface area contributed by atoms with Crippen molar-refractivity contribution in [3.05, 3.63) is 29.8 Å². The van der Waals surface area contributed by atoms with Crippen LogP contribution in [-0.4, -0.2) is 74.5 Å². The molecule has 2 rings (SSSR count). The number of benzene rings is 1. The van der Waals surface area contributed by atoms with Gasteiger partial charge in [0.25, 0.3) is 0 Å². The molecule has 1 heterocycles. The molecule has 0 unspecified atom stereocenters. The van der Waals surface area contributed by atoms with Gasteiger partial charge < -0.3 is 33.3 Å². The van der Waals surface area contributed by atoms with Crippen molar-refractivity contribution in [2.24, 2.45) is 5.16 Å². The van der Waals surface area contributed by atoms with Crippen molar-refractivity contribution in [2.45, 2.75) is 58.4 Å². The highest BCUT2D eigenvalue weighted by molar-refractivity contribution is 5.79. The highest BCUT2D eigenvalue weighted by Crippen LogP contribution is 2.31. The van der Waals surface area contributed by atoms with Gasteiger partial charge in [-0.2, -0.15) is 0 Å². The molecule has 186 valence electrons. The molecule has 0 spiro atoms. The van der Waals surface area contributed by atoms with Gasteiger partial charge >= 0.3 is 23.9 Å². The molecule has 12 heteroatoms. The summed E-state index contributed by atoms with van der Waals surface area (Å²) in [6, 6.07) is 6.57. The van der Waals surface area contributed by atoms with Gasteiger partial charge in [-0.1, -0.05) is 5.16 Å². The van der Waals surface area contributed by atoms with Crippen LogP contribution in [0.3, 0.4) is 0 Å². The lowest BCUT2D eigenvalue weighted by molar-refractivity contribution is -0.288. The molecule has 0 bridgehead atoms.